The number of nitrogens with zero attached hydrogens (tertiary/aromatic N) is 4. The van der Waals surface area contributed by atoms with Crippen LogP contribution in [0.25, 0.3) is 32.3 Å². The number of fused-ring (bicyclic) bond motifs is 6. The molecule has 0 spiro atoms. The Labute approximate surface area is 234 Å². The molecule has 0 amide bonds. The van der Waals surface area contributed by atoms with Gasteiger partial charge in [0, 0.05) is 18.3 Å². The molecule has 0 saturated carbocycles. The number of hydrogen-bond donors (Lipinski definition) is 0. The minimum absolute atomic E-state index is 0.477. The molecule has 0 aliphatic heterocycles. The Morgan fingerprint density at radius 2 is 1.48 bits per heavy atom. The van der Waals surface area contributed by atoms with Crippen molar-refractivity contribution in [2.75, 3.05) is 0 Å². The van der Waals surface area contributed by atoms with Crippen LogP contribution in [-0.4, -0.2) is 19.7 Å². The molecule has 1 aliphatic rings. The summed E-state index contributed by atoms with van der Waals surface area (Å²) >= 11 is 0. The Kier molecular flexibility index (Phi) is 6.50. The van der Waals surface area contributed by atoms with Gasteiger partial charge >= 0.3 is 0 Å². The van der Waals surface area contributed by atoms with Crippen molar-refractivity contribution >= 4 is 32.3 Å². The van der Waals surface area contributed by atoms with Crippen LogP contribution in [0, 0.1) is 0 Å². The summed E-state index contributed by atoms with van der Waals surface area (Å²) in [6.45, 7) is 0.763. The van der Waals surface area contributed by atoms with Crippen molar-refractivity contribution in [3.05, 3.63) is 150 Å². The zero-order valence-electron chi connectivity index (χ0n) is 22.3. The summed E-state index contributed by atoms with van der Waals surface area (Å²) < 4.78 is 1.86. The van der Waals surface area contributed by atoms with Gasteiger partial charge in [0.05, 0.1) is 6.54 Å². The Bertz CT molecular complexity index is 1840. The van der Waals surface area contributed by atoms with Crippen LogP contribution in [0.2, 0.25) is 0 Å². The van der Waals surface area contributed by atoms with Gasteiger partial charge < -0.3 is 0 Å². The fourth-order valence-electron chi connectivity index (χ4n) is 6.14. The molecule has 194 valence electrons. The van der Waals surface area contributed by atoms with Crippen LogP contribution in [0.15, 0.2) is 128 Å². The second-order valence-electron chi connectivity index (χ2n) is 10.5. The summed E-state index contributed by atoms with van der Waals surface area (Å²) in [5.74, 6) is 0.477. The van der Waals surface area contributed by atoms with E-state index in [0.29, 0.717) is 5.92 Å². The van der Waals surface area contributed by atoms with E-state index in [2.05, 4.69) is 100.0 Å². The number of benzene rings is 5. The summed E-state index contributed by atoms with van der Waals surface area (Å²) in [6.07, 6.45) is 10.7. The highest BCUT2D eigenvalue weighted by Gasteiger charge is 2.23. The fourth-order valence-corrected chi connectivity index (χ4v) is 6.14. The van der Waals surface area contributed by atoms with E-state index >= 15 is 0 Å². The van der Waals surface area contributed by atoms with E-state index < -0.39 is 0 Å². The highest BCUT2D eigenvalue weighted by molar-refractivity contribution is 6.08. The lowest BCUT2D eigenvalue weighted by atomic mass is 9.77. The predicted molar refractivity (Wildman–Crippen MR) is 164 cm³/mol. The number of pyridine rings is 1. The molecule has 0 fully saturated rings. The molecular weight excluding hydrogens is 488 g/mol. The van der Waals surface area contributed by atoms with Crippen LogP contribution < -0.4 is 0 Å². The van der Waals surface area contributed by atoms with Crippen molar-refractivity contribution in [3.8, 4) is 0 Å². The maximum Gasteiger partial charge on any atom is 0.137 e. The monoisotopic (exact) mass is 518 g/mol. The van der Waals surface area contributed by atoms with Crippen LogP contribution in [0.3, 0.4) is 0 Å². The van der Waals surface area contributed by atoms with E-state index in [1.807, 2.05) is 35.3 Å². The summed E-state index contributed by atoms with van der Waals surface area (Å²) in [5.41, 5.74) is 5.72. The highest BCUT2D eigenvalue weighted by Crippen LogP contribution is 2.41. The van der Waals surface area contributed by atoms with E-state index in [9.17, 15) is 0 Å². The average molecular weight is 519 g/mol. The molecular formula is C36H30N4. The van der Waals surface area contributed by atoms with Crippen LogP contribution >= 0.6 is 0 Å². The third-order valence-electron chi connectivity index (χ3n) is 8.11. The van der Waals surface area contributed by atoms with Crippen LogP contribution in [0.4, 0.5) is 0 Å². The largest absolute Gasteiger partial charge is 0.264 e. The van der Waals surface area contributed by atoms with Crippen molar-refractivity contribution in [1.29, 1.82) is 0 Å². The first-order valence-corrected chi connectivity index (χ1v) is 14.0. The molecule has 1 unspecified atom stereocenters. The van der Waals surface area contributed by atoms with Gasteiger partial charge in [-0.25, -0.2) is 9.67 Å². The summed E-state index contributed by atoms with van der Waals surface area (Å²) in [6, 6.07) is 37.3. The Morgan fingerprint density at radius 1 is 0.675 bits per heavy atom. The zero-order valence-corrected chi connectivity index (χ0v) is 22.3. The summed E-state index contributed by atoms with van der Waals surface area (Å²) in [5, 5.41) is 12.1. The van der Waals surface area contributed by atoms with Crippen molar-refractivity contribution in [2.24, 2.45) is 0 Å². The van der Waals surface area contributed by atoms with Gasteiger partial charge in [-0.15, -0.1) is 0 Å². The van der Waals surface area contributed by atoms with E-state index in [0.717, 1.165) is 6.54 Å². The van der Waals surface area contributed by atoms with Gasteiger partial charge in [-0.2, -0.15) is 5.10 Å². The second kappa shape index (κ2) is 10.7. The summed E-state index contributed by atoms with van der Waals surface area (Å²) in [7, 11) is 0. The molecule has 2 aromatic heterocycles. The molecule has 40 heavy (non-hydrogen) atoms. The van der Waals surface area contributed by atoms with Gasteiger partial charge in [-0.3, -0.25) is 4.98 Å². The lowest BCUT2D eigenvalue weighted by molar-refractivity contribution is 0.618. The van der Waals surface area contributed by atoms with Gasteiger partial charge in [0.2, 0.25) is 0 Å². The molecule has 0 N–H and O–H groups in total. The third kappa shape index (κ3) is 4.73. The molecule has 0 radical (unpaired) electrons. The van der Waals surface area contributed by atoms with E-state index in [4.69, 9.17) is 0 Å². The number of hydrogen-bond acceptors (Lipinski definition) is 3. The van der Waals surface area contributed by atoms with Crippen LogP contribution in [0.5, 0.6) is 0 Å². The van der Waals surface area contributed by atoms with E-state index in [-0.39, 0.29) is 0 Å². The zero-order chi connectivity index (χ0) is 26.7. The Hall–Kier alpha value is -4.83. The molecule has 0 bridgehead atoms. The third-order valence-corrected chi connectivity index (χ3v) is 8.11. The minimum Gasteiger partial charge on any atom is -0.264 e. The lowest BCUT2D eigenvalue weighted by Crippen LogP contribution is -2.12. The van der Waals surface area contributed by atoms with E-state index in [1.165, 1.54) is 68.3 Å². The number of rotatable bonds is 3. The lowest BCUT2D eigenvalue weighted by Gasteiger charge is -2.27. The van der Waals surface area contributed by atoms with Crippen LogP contribution in [-0.2, 0) is 13.0 Å². The van der Waals surface area contributed by atoms with Gasteiger partial charge in [0.15, 0.2) is 0 Å². The van der Waals surface area contributed by atoms with Crippen molar-refractivity contribution in [3.63, 3.8) is 0 Å². The molecule has 1 atom stereocenters. The Balaban J connectivity index is 0.000000222. The highest BCUT2D eigenvalue weighted by atomic mass is 15.3. The van der Waals surface area contributed by atoms with Gasteiger partial charge in [0.1, 0.15) is 12.7 Å². The van der Waals surface area contributed by atoms with Gasteiger partial charge in [0.25, 0.3) is 0 Å². The SMILES string of the molecule is c1ccc2c(c1)ccc1c3c(ccc12)C(c1ccc(Cn2cncn2)cc1)CCC3.c1ccc2cnccc2c1. The Morgan fingerprint density at radius 3 is 2.30 bits per heavy atom. The molecule has 8 rings (SSSR count). The fraction of sp³-hybridized carbons (Fsp3) is 0.139. The number of aryl methyl sites for hydroxylation is 1. The predicted octanol–water partition coefficient (Wildman–Crippen LogP) is 8.34. The first kappa shape index (κ1) is 24.2. The minimum atomic E-state index is 0.477. The molecule has 1 aliphatic carbocycles. The first-order chi connectivity index (χ1) is 19.8. The maximum absolute atomic E-state index is 4.21. The van der Waals surface area contributed by atoms with Crippen LogP contribution in [0.1, 0.15) is 41.0 Å². The van der Waals surface area contributed by atoms with Gasteiger partial charge in [-0.05, 0) is 79.9 Å². The smallest absolute Gasteiger partial charge is 0.137 e. The first-order valence-electron chi connectivity index (χ1n) is 14.0. The van der Waals surface area contributed by atoms with Gasteiger partial charge in [-0.1, -0.05) is 97.1 Å². The molecule has 4 nitrogen and oxygen atoms in total. The molecule has 0 saturated heterocycles. The molecule has 5 aromatic carbocycles. The standard InChI is InChI=1S/C27H23N3.C9H7N/c1-2-5-22-20(4-1)12-13-27-24-7-3-6-23(25(24)14-15-26(22)27)21-10-8-19(9-11-21)16-30-18-28-17-29-30;1-2-4-9-7-10-6-5-8(9)3-1/h1-2,4-5,8-15,17-18,23H,3,6-7,16H2;1-7H. The topological polar surface area (TPSA) is 43.6 Å². The van der Waals surface area contributed by atoms with Crippen molar-refractivity contribution in [1.82, 2.24) is 19.7 Å². The second-order valence-corrected chi connectivity index (χ2v) is 10.5. The average Bonchev–Trinajstić information content (AvgIpc) is 3.54. The van der Waals surface area contributed by atoms with E-state index in [1.54, 1.807) is 18.2 Å². The van der Waals surface area contributed by atoms with Crippen molar-refractivity contribution in [2.45, 2.75) is 31.7 Å². The summed E-state index contributed by atoms with van der Waals surface area (Å²) in [4.78, 5) is 8.04. The number of aromatic nitrogens is 4. The molecule has 2 heterocycles. The molecule has 7 aromatic rings. The normalized spacial score (nSPS) is 14.6. The molecule has 4 heteroatoms. The quantitative estimate of drug-likeness (QED) is 0.221. The van der Waals surface area contributed by atoms with Crippen molar-refractivity contribution < 1.29 is 0 Å². The maximum atomic E-state index is 4.21.